The zero-order valence-electron chi connectivity index (χ0n) is 9.50. The van der Waals surface area contributed by atoms with Gasteiger partial charge in [0, 0.05) is 6.92 Å². The normalized spacial score (nSPS) is 11.8. The van der Waals surface area contributed by atoms with Crippen molar-refractivity contribution < 1.29 is 13.3 Å². The fourth-order valence-electron chi connectivity index (χ4n) is 1.72. The molecule has 0 spiro atoms. The second-order valence-electron chi connectivity index (χ2n) is 3.97. The van der Waals surface area contributed by atoms with Crippen molar-refractivity contribution in [3.05, 3.63) is 35.5 Å². The number of nitrogens with two attached hydrogens (primary N) is 1. The maximum absolute atomic E-state index is 13.4. The molecule has 90 valence electrons. The number of halogens is 2. The third-order valence-corrected chi connectivity index (χ3v) is 2.55. The lowest BCUT2D eigenvalue weighted by Crippen LogP contribution is -2.09. The fraction of sp³-hybridized carbons (Fsp3) is 0.250. The summed E-state index contributed by atoms with van der Waals surface area (Å²) in [7, 11) is 0. The van der Waals surface area contributed by atoms with Crippen molar-refractivity contribution in [3.63, 3.8) is 0 Å². The molecule has 2 aromatic rings. The van der Waals surface area contributed by atoms with Crippen LogP contribution in [0, 0.1) is 6.92 Å². The average Bonchev–Trinajstić information content (AvgIpc) is 2.60. The number of nitrogens with zero attached hydrogens (tertiary/aromatic N) is 1. The first-order valence-electron chi connectivity index (χ1n) is 5.10. The van der Waals surface area contributed by atoms with Crippen molar-refractivity contribution in [2.24, 2.45) is 0 Å². The predicted molar refractivity (Wildman–Crippen MR) is 60.7 cm³/mol. The summed E-state index contributed by atoms with van der Waals surface area (Å²) in [4.78, 5) is 0. The van der Waals surface area contributed by atoms with Crippen molar-refractivity contribution in [1.29, 1.82) is 0 Å². The van der Waals surface area contributed by atoms with Crippen LogP contribution in [-0.2, 0) is 5.92 Å². The largest absolute Gasteiger partial charge is 0.367 e. The number of aryl methyl sites for hydroxylation is 1. The lowest BCUT2D eigenvalue weighted by molar-refractivity contribution is 0.0103. The molecule has 2 rings (SSSR count). The Bertz CT molecular complexity index is 544. The Labute approximate surface area is 97.2 Å². The van der Waals surface area contributed by atoms with E-state index in [1.54, 1.807) is 12.1 Å². The van der Waals surface area contributed by atoms with Crippen LogP contribution in [0.3, 0.4) is 0 Å². The van der Waals surface area contributed by atoms with Crippen molar-refractivity contribution in [3.8, 4) is 11.1 Å². The van der Waals surface area contributed by atoms with Crippen LogP contribution in [0.25, 0.3) is 11.1 Å². The molecule has 0 bridgehead atoms. The van der Waals surface area contributed by atoms with Gasteiger partial charge in [-0.15, -0.1) is 0 Å². The van der Waals surface area contributed by atoms with Gasteiger partial charge in [-0.05, 0) is 18.1 Å². The van der Waals surface area contributed by atoms with E-state index >= 15 is 0 Å². The van der Waals surface area contributed by atoms with E-state index in [1.807, 2.05) is 19.1 Å². The second-order valence-corrected chi connectivity index (χ2v) is 3.97. The van der Waals surface area contributed by atoms with Gasteiger partial charge < -0.3 is 10.3 Å². The molecule has 1 aromatic heterocycles. The summed E-state index contributed by atoms with van der Waals surface area (Å²) in [5, 5.41) is 3.35. The topological polar surface area (TPSA) is 52.0 Å². The van der Waals surface area contributed by atoms with Gasteiger partial charge in [-0.3, -0.25) is 0 Å². The third-order valence-electron chi connectivity index (χ3n) is 2.55. The van der Waals surface area contributed by atoms with Crippen molar-refractivity contribution in [2.75, 3.05) is 5.73 Å². The average molecular weight is 238 g/mol. The smallest absolute Gasteiger partial charge is 0.291 e. The van der Waals surface area contributed by atoms with Gasteiger partial charge in [0.2, 0.25) is 5.88 Å². The molecular formula is C12H12F2N2O. The van der Waals surface area contributed by atoms with E-state index in [0.29, 0.717) is 5.56 Å². The number of rotatable bonds is 2. The van der Waals surface area contributed by atoms with E-state index in [2.05, 4.69) is 9.68 Å². The number of benzene rings is 1. The van der Waals surface area contributed by atoms with E-state index in [4.69, 9.17) is 5.73 Å². The van der Waals surface area contributed by atoms with Gasteiger partial charge in [-0.1, -0.05) is 29.4 Å². The number of anilines is 1. The van der Waals surface area contributed by atoms with Crippen molar-refractivity contribution in [2.45, 2.75) is 19.8 Å². The molecule has 0 saturated carbocycles. The van der Waals surface area contributed by atoms with E-state index in [-0.39, 0.29) is 11.4 Å². The molecule has 0 aliphatic rings. The first-order chi connectivity index (χ1) is 7.91. The molecule has 1 aromatic carbocycles. The lowest BCUT2D eigenvalue weighted by atomic mass is 9.98. The summed E-state index contributed by atoms with van der Waals surface area (Å²) in [5.41, 5.74) is 6.78. The van der Waals surface area contributed by atoms with Gasteiger partial charge in [0.25, 0.3) is 5.92 Å². The van der Waals surface area contributed by atoms with Gasteiger partial charge >= 0.3 is 0 Å². The second kappa shape index (κ2) is 3.84. The minimum absolute atomic E-state index is 0.0872. The van der Waals surface area contributed by atoms with Crippen LogP contribution < -0.4 is 5.73 Å². The molecular weight excluding hydrogens is 226 g/mol. The van der Waals surface area contributed by atoms with Gasteiger partial charge in [0.05, 0.1) is 5.56 Å². The number of aromatic nitrogens is 1. The van der Waals surface area contributed by atoms with Crippen molar-refractivity contribution in [1.82, 2.24) is 5.16 Å². The molecule has 2 N–H and O–H groups in total. The van der Waals surface area contributed by atoms with E-state index < -0.39 is 11.6 Å². The molecule has 0 unspecified atom stereocenters. The summed E-state index contributed by atoms with van der Waals surface area (Å²) in [5.74, 6) is -3.17. The van der Waals surface area contributed by atoms with Crippen LogP contribution in [0.2, 0.25) is 0 Å². The van der Waals surface area contributed by atoms with Gasteiger partial charge in [0.15, 0.2) is 5.69 Å². The summed E-state index contributed by atoms with van der Waals surface area (Å²) >= 11 is 0. The van der Waals surface area contributed by atoms with E-state index in [0.717, 1.165) is 12.5 Å². The predicted octanol–water partition coefficient (Wildman–Crippen LogP) is 3.34. The van der Waals surface area contributed by atoms with Crippen LogP contribution in [0.5, 0.6) is 0 Å². The maximum atomic E-state index is 13.4. The highest BCUT2D eigenvalue weighted by atomic mass is 19.3. The van der Waals surface area contributed by atoms with Crippen LogP contribution in [0.1, 0.15) is 18.2 Å². The van der Waals surface area contributed by atoms with E-state index in [9.17, 15) is 8.78 Å². The number of hydrogen-bond donors (Lipinski definition) is 1. The lowest BCUT2D eigenvalue weighted by Gasteiger charge is -2.10. The number of hydrogen-bond acceptors (Lipinski definition) is 3. The Balaban J connectivity index is 2.68. The minimum Gasteiger partial charge on any atom is -0.367 e. The summed E-state index contributed by atoms with van der Waals surface area (Å²) in [6, 6.07) is 7.12. The van der Waals surface area contributed by atoms with Gasteiger partial charge in [-0.25, -0.2) is 0 Å². The third kappa shape index (κ3) is 2.00. The minimum atomic E-state index is -3.08. The van der Waals surface area contributed by atoms with Crippen LogP contribution in [-0.4, -0.2) is 5.16 Å². The zero-order chi connectivity index (χ0) is 12.6. The highest BCUT2D eigenvalue weighted by Crippen LogP contribution is 2.39. The summed E-state index contributed by atoms with van der Waals surface area (Å²) in [6.45, 7) is 2.59. The summed E-state index contributed by atoms with van der Waals surface area (Å²) < 4.78 is 31.4. The van der Waals surface area contributed by atoms with Gasteiger partial charge in [-0.2, -0.15) is 8.78 Å². The SMILES string of the molecule is Cc1ccccc1-c1c(C(C)(F)F)noc1N. The molecule has 0 saturated heterocycles. The molecule has 0 amide bonds. The first kappa shape index (κ1) is 11.6. The van der Waals surface area contributed by atoms with Gasteiger partial charge in [0.1, 0.15) is 0 Å². The molecule has 0 fully saturated rings. The van der Waals surface area contributed by atoms with Crippen LogP contribution in [0.15, 0.2) is 28.8 Å². The Morgan fingerprint density at radius 3 is 2.53 bits per heavy atom. The maximum Gasteiger partial charge on any atom is 0.291 e. The van der Waals surface area contributed by atoms with Crippen molar-refractivity contribution >= 4 is 5.88 Å². The Kier molecular flexibility index (Phi) is 2.61. The molecule has 0 atom stereocenters. The molecule has 0 aliphatic carbocycles. The zero-order valence-corrected chi connectivity index (χ0v) is 9.50. The monoisotopic (exact) mass is 238 g/mol. The summed E-state index contributed by atoms with van der Waals surface area (Å²) in [6.07, 6.45) is 0. The van der Waals surface area contributed by atoms with Crippen LogP contribution >= 0.6 is 0 Å². The molecule has 17 heavy (non-hydrogen) atoms. The highest BCUT2D eigenvalue weighted by Gasteiger charge is 2.34. The number of nitrogen functional groups attached to an aromatic ring is 1. The first-order valence-corrected chi connectivity index (χ1v) is 5.10. The fourth-order valence-corrected chi connectivity index (χ4v) is 1.72. The number of alkyl halides is 2. The Morgan fingerprint density at radius 1 is 1.29 bits per heavy atom. The molecule has 0 radical (unpaired) electrons. The standard InChI is InChI=1S/C12H12F2N2O/c1-7-5-3-4-6-8(7)9-10(12(2,13)14)16-17-11(9)15/h3-6H,15H2,1-2H3. The molecule has 1 heterocycles. The molecule has 5 heteroatoms. The molecule has 3 nitrogen and oxygen atoms in total. The van der Waals surface area contributed by atoms with E-state index in [1.165, 1.54) is 0 Å². The Hall–Kier alpha value is -1.91. The quantitative estimate of drug-likeness (QED) is 0.872. The Morgan fingerprint density at radius 2 is 1.94 bits per heavy atom. The highest BCUT2D eigenvalue weighted by molar-refractivity contribution is 5.77. The van der Waals surface area contributed by atoms with Crippen LogP contribution in [0.4, 0.5) is 14.7 Å². The molecule has 0 aliphatic heterocycles.